The zero-order valence-corrected chi connectivity index (χ0v) is 21.2. The van der Waals surface area contributed by atoms with Crippen molar-refractivity contribution < 1.29 is 18.3 Å². The van der Waals surface area contributed by atoms with Gasteiger partial charge in [0.05, 0.1) is 21.6 Å². The molecule has 2 fully saturated rings. The van der Waals surface area contributed by atoms with Crippen LogP contribution in [0.4, 0.5) is 5.69 Å². The van der Waals surface area contributed by atoms with Gasteiger partial charge in [-0.15, -0.1) is 11.3 Å². The van der Waals surface area contributed by atoms with Gasteiger partial charge in [-0.25, -0.2) is 13.6 Å². The smallest absolute Gasteiger partial charge is 0.258 e. The third-order valence-corrected chi connectivity index (χ3v) is 9.94. The summed E-state index contributed by atoms with van der Waals surface area (Å²) in [6.07, 6.45) is 8.86. The van der Waals surface area contributed by atoms with E-state index in [0.717, 1.165) is 29.7 Å². The summed E-state index contributed by atoms with van der Waals surface area (Å²) in [6, 6.07) is 7.93. The van der Waals surface area contributed by atoms with Crippen molar-refractivity contribution in [2.24, 2.45) is 17.0 Å². The number of amides is 1. The van der Waals surface area contributed by atoms with E-state index in [2.05, 4.69) is 5.32 Å². The molecule has 34 heavy (non-hydrogen) atoms. The molecule has 1 aromatic carbocycles. The second kappa shape index (κ2) is 9.42. The minimum Gasteiger partial charge on any atom is -0.385 e. The summed E-state index contributed by atoms with van der Waals surface area (Å²) >= 11 is 0.672. The fourth-order valence-corrected chi connectivity index (χ4v) is 6.83. The van der Waals surface area contributed by atoms with Crippen molar-refractivity contribution in [1.29, 1.82) is 5.26 Å². The summed E-state index contributed by atoms with van der Waals surface area (Å²) in [7, 11) is -4.25. The Morgan fingerprint density at radius 2 is 1.71 bits per heavy atom. The van der Waals surface area contributed by atoms with Crippen LogP contribution in [0.25, 0.3) is 0 Å². The number of carbonyl (C=O) groups excluding carboxylic acids is 1. The number of sulfonamides is 1. The zero-order chi connectivity index (χ0) is 24.7. The van der Waals surface area contributed by atoms with Gasteiger partial charge in [0.15, 0.2) is 4.21 Å². The van der Waals surface area contributed by atoms with Crippen LogP contribution in [0.15, 0.2) is 22.4 Å². The van der Waals surface area contributed by atoms with E-state index in [1.165, 1.54) is 52.4 Å². The van der Waals surface area contributed by atoms with Crippen LogP contribution in [0.2, 0.25) is 0 Å². The molecule has 182 valence electrons. The maximum absolute atomic E-state index is 13.6. The lowest BCUT2D eigenvalue weighted by Gasteiger charge is -2.29. The minimum atomic E-state index is -4.25. The first-order valence-electron chi connectivity index (χ1n) is 11.7. The lowest BCUT2D eigenvalue weighted by atomic mass is 9.78. The zero-order valence-electron chi connectivity index (χ0n) is 19.6. The summed E-state index contributed by atoms with van der Waals surface area (Å²) < 4.78 is 23.9. The van der Waals surface area contributed by atoms with E-state index >= 15 is 0 Å². The average molecular weight is 502 g/mol. The van der Waals surface area contributed by atoms with Crippen molar-refractivity contribution in [3.05, 3.63) is 45.3 Å². The highest BCUT2D eigenvalue weighted by atomic mass is 32.2. The van der Waals surface area contributed by atoms with Crippen LogP contribution < -0.4 is 10.5 Å². The summed E-state index contributed by atoms with van der Waals surface area (Å²) in [5.41, 5.74) is 0.878. The largest absolute Gasteiger partial charge is 0.385 e. The number of nitrogens with zero attached hydrogens (tertiary/aromatic N) is 1. The topological polar surface area (TPSA) is 133 Å². The number of hydrogen-bond donors (Lipinski definition) is 3. The number of anilines is 1. The second-order valence-corrected chi connectivity index (χ2v) is 12.9. The van der Waals surface area contributed by atoms with Crippen molar-refractivity contribution in [2.45, 2.75) is 75.0 Å². The van der Waals surface area contributed by atoms with E-state index in [1.807, 2.05) is 24.3 Å². The number of primary sulfonamides is 1. The molecule has 2 saturated carbocycles. The number of para-hydroxylation sites is 1. The standard InChI is InChI=1S/C25H31N3O4S2/c1-25(2,30)22-20(19(14-26)24(33-22)34(27,31)32)23(29)28-21-17(12-15-6-3-7-15)10-5-11-18(21)13-16-8-4-9-16/h5,10-11,15-16,30H,3-4,6-9,12-13H2,1-2H3,(H,28,29)(H2,27,31,32). The number of aliphatic hydroxyl groups is 1. The van der Waals surface area contributed by atoms with E-state index < -0.39 is 25.7 Å². The Bertz CT molecular complexity index is 1210. The first-order valence-corrected chi connectivity index (χ1v) is 14.1. The Hall–Kier alpha value is -2.25. The van der Waals surface area contributed by atoms with Crippen LogP contribution in [0.3, 0.4) is 0 Å². The quantitative estimate of drug-likeness (QED) is 0.492. The molecule has 7 nitrogen and oxygen atoms in total. The van der Waals surface area contributed by atoms with Crippen molar-refractivity contribution in [3.63, 3.8) is 0 Å². The molecule has 2 aliphatic rings. The Balaban J connectivity index is 1.78. The van der Waals surface area contributed by atoms with Crippen LogP contribution in [-0.2, 0) is 28.5 Å². The number of thiophene rings is 1. The van der Waals surface area contributed by atoms with E-state index in [-0.39, 0.29) is 16.0 Å². The molecule has 2 aliphatic carbocycles. The monoisotopic (exact) mass is 501 g/mol. The first-order chi connectivity index (χ1) is 16.0. The molecule has 0 radical (unpaired) electrons. The molecule has 0 spiro atoms. The number of benzene rings is 1. The highest BCUT2D eigenvalue weighted by molar-refractivity contribution is 7.91. The second-order valence-electron chi connectivity index (χ2n) is 10.1. The van der Waals surface area contributed by atoms with Gasteiger partial charge in [0.25, 0.3) is 5.91 Å². The molecule has 1 amide bonds. The lowest BCUT2D eigenvalue weighted by molar-refractivity contribution is 0.0795. The van der Waals surface area contributed by atoms with Crippen molar-refractivity contribution in [3.8, 4) is 6.07 Å². The highest BCUT2D eigenvalue weighted by Gasteiger charge is 2.35. The molecule has 0 atom stereocenters. The number of rotatable bonds is 8. The van der Waals surface area contributed by atoms with Crippen molar-refractivity contribution in [2.75, 3.05) is 5.32 Å². The lowest BCUT2D eigenvalue weighted by Crippen LogP contribution is -2.24. The predicted molar refractivity (Wildman–Crippen MR) is 132 cm³/mol. The Morgan fingerprint density at radius 1 is 1.18 bits per heavy atom. The average Bonchev–Trinajstić information content (AvgIpc) is 3.09. The molecule has 2 aromatic rings. The first kappa shape index (κ1) is 24.9. The SMILES string of the molecule is CC(C)(O)c1sc(S(N)(=O)=O)c(C#N)c1C(=O)Nc1c(CC2CCC2)cccc1CC1CCC1. The van der Waals surface area contributed by atoms with Gasteiger partial charge in [-0.05, 0) is 49.7 Å². The molecule has 0 aliphatic heterocycles. The van der Waals surface area contributed by atoms with Gasteiger partial charge >= 0.3 is 0 Å². The fourth-order valence-electron chi connectivity index (χ4n) is 4.71. The Labute approximate surface area is 205 Å². The van der Waals surface area contributed by atoms with Gasteiger partial charge in [-0.2, -0.15) is 5.26 Å². The van der Waals surface area contributed by atoms with Gasteiger partial charge in [0, 0.05) is 5.69 Å². The normalized spacial score (nSPS) is 17.0. The van der Waals surface area contributed by atoms with Gasteiger partial charge in [0.2, 0.25) is 10.0 Å². The number of carbonyl (C=O) groups is 1. The van der Waals surface area contributed by atoms with Crippen molar-refractivity contribution in [1.82, 2.24) is 0 Å². The molecule has 4 N–H and O–H groups in total. The van der Waals surface area contributed by atoms with Crippen LogP contribution in [0.5, 0.6) is 0 Å². The number of hydrogen-bond acceptors (Lipinski definition) is 6. The number of nitrogens with two attached hydrogens (primary N) is 1. The maximum Gasteiger partial charge on any atom is 0.258 e. The third-order valence-electron chi connectivity index (χ3n) is 6.97. The van der Waals surface area contributed by atoms with Gasteiger partial charge in [-0.3, -0.25) is 4.79 Å². The molecular formula is C25H31N3O4S2. The molecule has 4 rings (SSSR count). The van der Waals surface area contributed by atoms with Crippen LogP contribution in [-0.4, -0.2) is 19.4 Å². The molecule has 1 heterocycles. The van der Waals surface area contributed by atoms with E-state index in [4.69, 9.17) is 5.14 Å². The minimum absolute atomic E-state index is 0.0996. The van der Waals surface area contributed by atoms with Gasteiger partial charge in [-0.1, -0.05) is 56.7 Å². The predicted octanol–water partition coefficient (Wildman–Crippen LogP) is 4.43. The third kappa shape index (κ3) is 5.05. The summed E-state index contributed by atoms with van der Waals surface area (Å²) in [5.74, 6) is 0.577. The molecule has 0 bridgehead atoms. The van der Waals surface area contributed by atoms with E-state index in [0.29, 0.717) is 23.2 Å². The van der Waals surface area contributed by atoms with Crippen LogP contribution in [0.1, 0.15) is 84.3 Å². The molecule has 0 saturated heterocycles. The summed E-state index contributed by atoms with van der Waals surface area (Å²) in [5, 5.41) is 28.8. The fraction of sp³-hybridized carbons (Fsp3) is 0.520. The Morgan fingerprint density at radius 3 is 2.09 bits per heavy atom. The van der Waals surface area contributed by atoms with Crippen LogP contribution in [0, 0.1) is 23.2 Å². The Kier molecular flexibility index (Phi) is 6.89. The molecule has 1 aromatic heterocycles. The molecular weight excluding hydrogens is 470 g/mol. The highest BCUT2D eigenvalue weighted by Crippen LogP contribution is 2.40. The number of nitrogens with one attached hydrogen (secondary N) is 1. The molecule has 9 heteroatoms. The van der Waals surface area contributed by atoms with Crippen molar-refractivity contribution >= 4 is 33.0 Å². The summed E-state index contributed by atoms with van der Waals surface area (Å²) in [6.45, 7) is 2.91. The van der Waals surface area contributed by atoms with E-state index in [1.54, 1.807) is 0 Å². The van der Waals surface area contributed by atoms with Crippen LogP contribution >= 0.6 is 11.3 Å². The summed E-state index contributed by atoms with van der Waals surface area (Å²) in [4.78, 5) is 13.7. The van der Waals surface area contributed by atoms with Gasteiger partial charge in [0.1, 0.15) is 6.07 Å². The van der Waals surface area contributed by atoms with Gasteiger partial charge < -0.3 is 10.4 Å². The number of nitriles is 1. The molecule has 0 unspecified atom stereocenters. The van der Waals surface area contributed by atoms with E-state index in [9.17, 15) is 23.6 Å². The maximum atomic E-state index is 13.6.